The molecule has 2 fully saturated rings. The molecule has 1 amide bonds. The van der Waals surface area contributed by atoms with Crippen LogP contribution in [0, 0.1) is 46.3 Å². The van der Waals surface area contributed by atoms with Gasteiger partial charge in [0.2, 0.25) is 5.91 Å². The van der Waals surface area contributed by atoms with Gasteiger partial charge < -0.3 is 26.2 Å². The summed E-state index contributed by atoms with van der Waals surface area (Å²) in [6.07, 6.45) is 0.182. The molecule has 3 aliphatic carbocycles. The molecule has 2 unspecified atom stereocenters. The maximum Gasteiger partial charge on any atom is 0.230 e. The van der Waals surface area contributed by atoms with Crippen molar-refractivity contribution in [1.29, 1.82) is 0 Å². The molecule has 228 valence electrons. The highest BCUT2D eigenvalue weighted by Crippen LogP contribution is 2.66. The van der Waals surface area contributed by atoms with Crippen LogP contribution in [0.3, 0.4) is 0 Å². The molecule has 9 nitrogen and oxygen atoms in total. The number of Topliss-reactive ketones (excluding diaryl/α,β-unsaturated/α-hetero) is 2. The van der Waals surface area contributed by atoms with Gasteiger partial charge in [0.25, 0.3) is 0 Å². The Labute approximate surface area is 251 Å². The number of aromatic hydroxyl groups is 1. The van der Waals surface area contributed by atoms with E-state index in [4.69, 9.17) is 5.73 Å². The van der Waals surface area contributed by atoms with Crippen LogP contribution in [0.25, 0.3) is 0 Å². The summed E-state index contributed by atoms with van der Waals surface area (Å²) in [7, 11) is 0. The SMILES string of the molecule is CC(C)c1cc(C#Cc2cccnc2)c(O)c2c1C[C@]1(C)C[C@]3(C)[C@@H](C(C)C)C(O)[C@@H](C(N)=O)C(=O)[C@]3(O)C(O)[C@H]1C2=O. The summed E-state index contributed by atoms with van der Waals surface area (Å²) in [5, 5.41) is 47.1. The second kappa shape index (κ2) is 10.3. The number of aliphatic hydroxyl groups excluding tert-OH is 2. The number of phenols is 1. The zero-order valence-electron chi connectivity index (χ0n) is 25.4. The smallest absolute Gasteiger partial charge is 0.230 e. The predicted octanol–water partition coefficient (Wildman–Crippen LogP) is 2.49. The molecule has 0 bridgehead atoms. The molecule has 1 aromatic heterocycles. The fourth-order valence-electron chi connectivity index (χ4n) is 8.81. The molecule has 0 saturated heterocycles. The van der Waals surface area contributed by atoms with Crippen LogP contribution in [-0.2, 0) is 16.0 Å². The highest BCUT2D eigenvalue weighted by molar-refractivity contribution is 6.09. The number of hydrogen-bond acceptors (Lipinski definition) is 8. The molecular formula is C34H40N2O7. The van der Waals surface area contributed by atoms with Crippen molar-refractivity contribution >= 4 is 17.5 Å². The van der Waals surface area contributed by atoms with Crippen molar-refractivity contribution in [3.8, 4) is 17.6 Å². The number of aromatic nitrogens is 1. The van der Waals surface area contributed by atoms with Gasteiger partial charge in [0.05, 0.1) is 23.1 Å². The Morgan fingerprint density at radius 2 is 1.81 bits per heavy atom. The van der Waals surface area contributed by atoms with Crippen molar-refractivity contribution in [3.63, 3.8) is 0 Å². The first-order chi connectivity index (χ1) is 20.0. The minimum absolute atomic E-state index is 0.0190. The van der Waals surface area contributed by atoms with Crippen LogP contribution < -0.4 is 5.73 Å². The molecule has 6 N–H and O–H groups in total. The Morgan fingerprint density at radius 1 is 1.14 bits per heavy atom. The van der Waals surface area contributed by atoms with E-state index in [2.05, 4.69) is 16.8 Å². The first-order valence-electron chi connectivity index (χ1n) is 14.8. The topological polar surface area (TPSA) is 171 Å². The Kier molecular flexibility index (Phi) is 7.36. The molecule has 43 heavy (non-hydrogen) atoms. The summed E-state index contributed by atoms with van der Waals surface area (Å²) < 4.78 is 0. The van der Waals surface area contributed by atoms with Crippen LogP contribution in [-0.4, -0.2) is 60.7 Å². The van der Waals surface area contributed by atoms with Gasteiger partial charge in [0, 0.05) is 23.4 Å². The lowest BCUT2D eigenvalue weighted by Crippen LogP contribution is -2.79. The minimum Gasteiger partial charge on any atom is -0.506 e. The van der Waals surface area contributed by atoms with Crippen LogP contribution >= 0.6 is 0 Å². The van der Waals surface area contributed by atoms with Crippen molar-refractivity contribution in [3.05, 3.63) is 58.4 Å². The predicted molar refractivity (Wildman–Crippen MR) is 158 cm³/mol. The number of nitrogens with zero attached hydrogens (tertiary/aromatic N) is 1. The fourth-order valence-corrected chi connectivity index (χ4v) is 8.81. The van der Waals surface area contributed by atoms with E-state index >= 15 is 0 Å². The molecule has 0 spiro atoms. The van der Waals surface area contributed by atoms with Gasteiger partial charge in [-0.05, 0) is 65.3 Å². The van der Waals surface area contributed by atoms with Crippen LogP contribution in [0.5, 0.6) is 5.75 Å². The lowest BCUT2D eigenvalue weighted by molar-refractivity contribution is -0.265. The third kappa shape index (κ3) is 4.26. The molecule has 9 heteroatoms. The zero-order valence-corrected chi connectivity index (χ0v) is 25.4. The highest BCUT2D eigenvalue weighted by Gasteiger charge is 2.76. The molecular weight excluding hydrogens is 548 g/mol. The lowest BCUT2D eigenvalue weighted by atomic mass is 9.39. The molecule has 0 aliphatic heterocycles. The summed E-state index contributed by atoms with van der Waals surface area (Å²) in [4.78, 5) is 44.8. The number of phenolic OH excluding ortho intramolecular Hbond substituents is 1. The Hall–Kier alpha value is -3.58. The Bertz CT molecular complexity index is 1570. The fraction of sp³-hybridized carbons (Fsp3) is 0.529. The molecule has 1 heterocycles. The zero-order chi connectivity index (χ0) is 31.8. The number of aliphatic hydroxyl groups is 3. The lowest BCUT2D eigenvalue weighted by Gasteiger charge is -2.66. The van der Waals surface area contributed by atoms with Crippen molar-refractivity contribution in [1.82, 2.24) is 4.98 Å². The van der Waals surface area contributed by atoms with Gasteiger partial charge in [-0.3, -0.25) is 19.4 Å². The molecule has 8 atom stereocenters. The van der Waals surface area contributed by atoms with Gasteiger partial charge in [0.15, 0.2) is 17.2 Å². The third-order valence-electron chi connectivity index (χ3n) is 10.4. The van der Waals surface area contributed by atoms with E-state index in [0.717, 1.165) is 5.56 Å². The average molecular weight is 589 g/mol. The van der Waals surface area contributed by atoms with Gasteiger partial charge in [-0.15, -0.1) is 0 Å². The number of carbonyl (C=O) groups excluding carboxylic acids is 3. The van der Waals surface area contributed by atoms with Gasteiger partial charge in [0.1, 0.15) is 17.8 Å². The van der Waals surface area contributed by atoms with E-state index in [-0.39, 0.29) is 41.6 Å². The van der Waals surface area contributed by atoms with E-state index in [9.17, 15) is 34.8 Å². The second-order valence-corrected chi connectivity index (χ2v) is 13.8. The number of nitrogens with two attached hydrogens (primary N) is 1. The first kappa shape index (κ1) is 30.9. The highest BCUT2D eigenvalue weighted by atomic mass is 16.4. The Morgan fingerprint density at radius 3 is 2.37 bits per heavy atom. The van der Waals surface area contributed by atoms with Crippen LogP contribution in [0.4, 0.5) is 0 Å². The van der Waals surface area contributed by atoms with E-state index in [1.807, 2.05) is 34.6 Å². The van der Waals surface area contributed by atoms with Gasteiger partial charge in [-0.2, -0.15) is 0 Å². The Balaban J connectivity index is 1.72. The first-order valence-corrected chi connectivity index (χ1v) is 14.8. The molecule has 2 aromatic rings. The van der Waals surface area contributed by atoms with Gasteiger partial charge in [-0.1, -0.05) is 53.4 Å². The summed E-state index contributed by atoms with van der Waals surface area (Å²) in [6.45, 7) is 11.1. The largest absolute Gasteiger partial charge is 0.506 e. The van der Waals surface area contributed by atoms with Crippen molar-refractivity contribution in [2.75, 3.05) is 0 Å². The number of hydrogen-bond donors (Lipinski definition) is 5. The van der Waals surface area contributed by atoms with E-state index in [1.54, 1.807) is 37.5 Å². The van der Waals surface area contributed by atoms with Crippen LogP contribution in [0.2, 0.25) is 0 Å². The standard InChI is InChI=1S/C34H40N2O7/c1-16(2)20-12-19(10-9-18-8-7-11-36-14-18)26(37)22-21(20)13-32(5)15-33(6)24(17(3)4)28(39)23(31(35)42)29(40)34(33,43)30(41)25(32)27(22)38/h7-8,11-12,14,16-17,23-25,28,30,37,39,41,43H,13,15H2,1-6H3,(H2,35,42)/t23-,24+,25-,28?,30?,32-,33-,34+/m1/s1. The number of ketones is 2. The number of benzene rings is 1. The minimum atomic E-state index is -2.55. The second-order valence-electron chi connectivity index (χ2n) is 13.8. The molecule has 1 aromatic carbocycles. The number of amides is 1. The normalized spacial score (nSPS) is 35.1. The summed E-state index contributed by atoms with van der Waals surface area (Å²) in [5.41, 5.74) is 2.98. The summed E-state index contributed by atoms with van der Waals surface area (Å²) in [6, 6.07) is 5.30. The number of carbonyl (C=O) groups is 3. The van der Waals surface area contributed by atoms with E-state index in [1.165, 1.54) is 0 Å². The monoisotopic (exact) mass is 588 g/mol. The summed E-state index contributed by atoms with van der Waals surface area (Å²) >= 11 is 0. The van der Waals surface area contributed by atoms with E-state index < -0.39 is 63.9 Å². The van der Waals surface area contributed by atoms with Crippen molar-refractivity contribution in [2.45, 2.75) is 78.1 Å². The molecule has 0 radical (unpaired) electrons. The summed E-state index contributed by atoms with van der Waals surface area (Å²) in [5.74, 6) is -1.36. The molecule has 2 saturated carbocycles. The van der Waals surface area contributed by atoms with Crippen LogP contribution in [0.15, 0.2) is 30.6 Å². The number of primary amides is 1. The van der Waals surface area contributed by atoms with E-state index in [0.29, 0.717) is 11.1 Å². The maximum absolute atomic E-state index is 14.5. The third-order valence-corrected chi connectivity index (χ3v) is 10.4. The number of fused-ring (bicyclic) bond motifs is 3. The van der Waals surface area contributed by atoms with Crippen molar-refractivity contribution in [2.24, 2.45) is 40.2 Å². The van der Waals surface area contributed by atoms with Crippen LogP contribution in [0.1, 0.15) is 86.5 Å². The average Bonchev–Trinajstić information content (AvgIpc) is 2.90. The molecule has 3 aliphatic rings. The quantitative estimate of drug-likeness (QED) is 0.269. The maximum atomic E-state index is 14.5. The number of rotatable bonds is 3. The van der Waals surface area contributed by atoms with Gasteiger partial charge >= 0.3 is 0 Å². The number of pyridine rings is 1. The molecule has 5 rings (SSSR count). The van der Waals surface area contributed by atoms with Gasteiger partial charge in [-0.25, -0.2) is 0 Å². The van der Waals surface area contributed by atoms with Crippen molar-refractivity contribution < 1.29 is 34.8 Å².